The minimum absolute atomic E-state index is 0.00749. The smallest absolute Gasteiger partial charge is 0.407 e. The molecule has 1 unspecified atom stereocenters. The van der Waals surface area contributed by atoms with E-state index in [4.69, 9.17) is 9.47 Å². The van der Waals surface area contributed by atoms with Crippen molar-refractivity contribution in [1.82, 2.24) is 10.6 Å². The third kappa shape index (κ3) is 8.43. The Labute approximate surface area is 209 Å². The van der Waals surface area contributed by atoms with Crippen molar-refractivity contribution in [3.05, 3.63) is 53.6 Å². The summed E-state index contributed by atoms with van der Waals surface area (Å²) in [6.45, 7) is 3.63. The van der Waals surface area contributed by atoms with Crippen LogP contribution >= 0.6 is 0 Å². The number of hydrogen-bond donors (Lipinski definition) is 3. The van der Waals surface area contributed by atoms with Crippen LogP contribution in [0.5, 0.6) is 5.75 Å². The summed E-state index contributed by atoms with van der Waals surface area (Å²) >= 11 is -1.02. The molecule has 2 aromatic rings. The maximum Gasteiger partial charge on any atom is 0.407 e. The molecule has 9 nitrogen and oxygen atoms in total. The number of para-hydroxylation sites is 1. The largest absolute Gasteiger partial charge is 0.612 e. The number of ether oxygens (including phenoxy) is 3. The Morgan fingerprint density at radius 3 is 2.71 bits per heavy atom. The number of alkyl carbamates (subject to hydrolysis) is 1. The zero-order valence-corrected chi connectivity index (χ0v) is 21.1. The standard InChI is InChI=1S/C25H33N3O6S/c1-17-12-21(35(3)31)10-11-23(17)33-16-20-14-26-13-19(34-20)9-8-18-6-4-5-7-22(18)28-24(29)15-27-25(30)32-2/h4-7,10-12,19-20,26H,8-9,13-16H2,1-3H3,(H,27,30)(H,28,29)/t19-,20+,35?/m1/s1. The second-order valence-corrected chi connectivity index (χ2v) is 9.70. The van der Waals surface area contributed by atoms with E-state index in [1.807, 2.05) is 49.4 Å². The van der Waals surface area contributed by atoms with E-state index in [0.29, 0.717) is 18.8 Å². The summed E-state index contributed by atoms with van der Waals surface area (Å²) in [5, 5.41) is 8.61. The Hall–Kier alpha value is -2.79. The summed E-state index contributed by atoms with van der Waals surface area (Å²) in [5.41, 5.74) is 2.64. The predicted molar refractivity (Wildman–Crippen MR) is 134 cm³/mol. The van der Waals surface area contributed by atoms with Gasteiger partial charge in [0.1, 0.15) is 31.3 Å². The van der Waals surface area contributed by atoms with Gasteiger partial charge in [-0.2, -0.15) is 0 Å². The van der Waals surface area contributed by atoms with Crippen LogP contribution in [0.2, 0.25) is 0 Å². The number of rotatable bonds is 10. The molecule has 3 rings (SSSR count). The van der Waals surface area contributed by atoms with Crippen molar-refractivity contribution < 1.29 is 28.4 Å². The van der Waals surface area contributed by atoms with E-state index in [9.17, 15) is 14.1 Å². The molecule has 3 N–H and O–H groups in total. The van der Waals surface area contributed by atoms with Crippen LogP contribution in [0.15, 0.2) is 47.4 Å². The molecule has 0 aliphatic carbocycles. The number of aryl methyl sites for hydroxylation is 2. The molecule has 1 saturated heterocycles. The second kappa shape index (κ2) is 13.3. The average molecular weight is 504 g/mol. The van der Waals surface area contributed by atoms with Crippen molar-refractivity contribution in [2.75, 3.05) is 44.9 Å². The summed E-state index contributed by atoms with van der Waals surface area (Å²) in [7, 11) is 1.25. The van der Waals surface area contributed by atoms with E-state index >= 15 is 0 Å². The minimum atomic E-state index is -1.02. The van der Waals surface area contributed by atoms with Crippen molar-refractivity contribution >= 4 is 28.9 Å². The highest BCUT2D eigenvalue weighted by atomic mass is 32.2. The Bertz CT molecular complexity index is 1000. The van der Waals surface area contributed by atoms with E-state index in [1.165, 1.54) is 7.11 Å². The second-order valence-electron chi connectivity index (χ2n) is 8.32. The Balaban J connectivity index is 1.48. The third-order valence-electron chi connectivity index (χ3n) is 5.64. The predicted octanol–water partition coefficient (Wildman–Crippen LogP) is 2.40. The normalized spacial score (nSPS) is 18.4. The molecular formula is C25H33N3O6S. The molecule has 1 fully saturated rings. The fraction of sp³-hybridized carbons (Fsp3) is 0.440. The van der Waals surface area contributed by atoms with Gasteiger partial charge in [0.2, 0.25) is 5.91 Å². The van der Waals surface area contributed by atoms with Crippen molar-refractivity contribution in [2.24, 2.45) is 0 Å². The van der Waals surface area contributed by atoms with Gasteiger partial charge >= 0.3 is 6.09 Å². The number of methoxy groups -OCH3 is 1. The van der Waals surface area contributed by atoms with E-state index in [2.05, 4.69) is 20.7 Å². The molecule has 10 heteroatoms. The van der Waals surface area contributed by atoms with Gasteiger partial charge in [0.05, 0.1) is 13.2 Å². The Morgan fingerprint density at radius 2 is 1.97 bits per heavy atom. The van der Waals surface area contributed by atoms with Crippen molar-refractivity contribution in [3.63, 3.8) is 0 Å². The molecule has 1 aliphatic heterocycles. The first-order chi connectivity index (χ1) is 16.9. The minimum Gasteiger partial charge on any atom is -0.612 e. The summed E-state index contributed by atoms with van der Waals surface area (Å²) in [4.78, 5) is 24.1. The van der Waals surface area contributed by atoms with Crippen LogP contribution in [0.1, 0.15) is 17.5 Å². The van der Waals surface area contributed by atoms with Crippen molar-refractivity contribution in [1.29, 1.82) is 0 Å². The highest BCUT2D eigenvalue weighted by Crippen LogP contribution is 2.23. The van der Waals surface area contributed by atoms with Gasteiger partial charge in [0, 0.05) is 18.8 Å². The van der Waals surface area contributed by atoms with Crippen LogP contribution in [0.25, 0.3) is 0 Å². The molecule has 0 bridgehead atoms. The Morgan fingerprint density at radius 1 is 1.20 bits per heavy atom. The van der Waals surface area contributed by atoms with Crippen molar-refractivity contribution in [2.45, 2.75) is 36.9 Å². The maximum absolute atomic E-state index is 12.2. The number of carbonyl (C=O) groups excluding carboxylic acids is 2. The lowest BCUT2D eigenvalue weighted by atomic mass is 10.0. The first-order valence-corrected chi connectivity index (χ1v) is 13.0. The lowest BCUT2D eigenvalue weighted by Crippen LogP contribution is -2.47. The number of benzene rings is 2. The van der Waals surface area contributed by atoms with Crippen molar-refractivity contribution in [3.8, 4) is 5.75 Å². The van der Waals surface area contributed by atoms with Crippen LogP contribution < -0.4 is 20.7 Å². The van der Waals surface area contributed by atoms with Gasteiger partial charge in [0.15, 0.2) is 4.90 Å². The van der Waals surface area contributed by atoms with E-state index in [0.717, 1.165) is 41.2 Å². The van der Waals surface area contributed by atoms with E-state index in [-0.39, 0.29) is 24.7 Å². The zero-order valence-electron chi connectivity index (χ0n) is 20.3. The SMILES string of the molecule is COC(=O)NCC(=O)Nc1ccccc1CC[C@@H]1CNC[C@@H](COc2ccc([S+](C)[O-])cc2C)O1. The maximum atomic E-state index is 12.2. The summed E-state index contributed by atoms with van der Waals surface area (Å²) < 4.78 is 28.4. The fourth-order valence-corrected chi connectivity index (χ4v) is 4.39. The first-order valence-electron chi connectivity index (χ1n) is 11.5. The number of amides is 2. The number of carbonyl (C=O) groups is 2. The van der Waals surface area contributed by atoms with Gasteiger partial charge in [-0.25, -0.2) is 4.79 Å². The summed E-state index contributed by atoms with van der Waals surface area (Å²) in [6.07, 6.45) is 2.41. The molecular weight excluding hydrogens is 470 g/mol. The molecule has 1 heterocycles. The van der Waals surface area contributed by atoms with Gasteiger partial charge in [-0.15, -0.1) is 0 Å². The van der Waals surface area contributed by atoms with Crippen LogP contribution in [-0.4, -0.2) is 68.4 Å². The van der Waals surface area contributed by atoms with Gasteiger partial charge in [0.25, 0.3) is 0 Å². The molecule has 190 valence electrons. The van der Waals surface area contributed by atoms with Gasteiger partial charge in [-0.05, 0) is 66.3 Å². The molecule has 0 spiro atoms. The van der Waals surface area contributed by atoms with Gasteiger partial charge in [-0.3, -0.25) is 4.79 Å². The molecule has 35 heavy (non-hydrogen) atoms. The number of anilines is 1. The first kappa shape index (κ1) is 26.8. The molecule has 3 atom stereocenters. The van der Waals surface area contributed by atoms with Gasteiger partial charge < -0.3 is 34.7 Å². The molecule has 1 aliphatic rings. The molecule has 0 saturated carbocycles. The van der Waals surface area contributed by atoms with E-state index in [1.54, 1.807) is 6.26 Å². The molecule has 2 amide bonds. The topological polar surface area (TPSA) is 121 Å². The van der Waals surface area contributed by atoms with Crippen LogP contribution in [0.3, 0.4) is 0 Å². The molecule has 0 aromatic heterocycles. The summed E-state index contributed by atoms with van der Waals surface area (Å²) in [6, 6.07) is 13.1. The zero-order chi connectivity index (χ0) is 25.2. The monoisotopic (exact) mass is 503 g/mol. The lowest BCUT2D eigenvalue weighted by Gasteiger charge is -2.31. The molecule has 2 aromatic carbocycles. The highest BCUT2D eigenvalue weighted by Gasteiger charge is 2.23. The third-order valence-corrected chi connectivity index (χ3v) is 6.56. The van der Waals surface area contributed by atoms with Gasteiger partial charge in [-0.1, -0.05) is 18.2 Å². The van der Waals surface area contributed by atoms with Crippen LogP contribution in [0.4, 0.5) is 10.5 Å². The Kier molecular flexibility index (Phi) is 10.2. The lowest BCUT2D eigenvalue weighted by molar-refractivity contribution is -0.115. The molecule has 0 radical (unpaired) electrons. The van der Waals surface area contributed by atoms with Crippen LogP contribution in [0, 0.1) is 6.92 Å². The average Bonchev–Trinajstić information content (AvgIpc) is 2.86. The number of nitrogens with one attached hydrogen (secondary N) is 3. The summed E-state index contributed by atoms with van der Waals surface area (Å²) in [5.74, 6) is 0.431. The van der Waals surface area contributed by atoms with E-state index < -0.39 is 17.3 Å². The van der Waals surface area contributed by atoms with Crippen LogP contribution in [-0.2, 0) is 31.9 Å². The highest BCUT2D eigenvalue weighted by molar-refractivity contribution is 7.90. The number of morpholine rings is 1. The fourth-order valence-electron chi connectivity index (χ4n) is 3.78. The quantitative estimate of drug-likeness (QED) is 0.426. The number of hydrogen-bond acceptors (Lipinski definition) is 7.